The molecule has 0 aromatic carbocycles. The van der Waals surface area contributed by atoms with Crippen LogP contribution in [0.4, 0.5) is 0 Å². The molecule has 0 spiro atoms. The van der Waals surface area contributed by atoms with Crippen molar-refractivity contribution in [2.45, 2.75) is 247 Å². The summed E-state index contributed by atoms with van der Waals surface area (Å²) in [6.45, 7) is 17.6. The first kappa shape index (κ1) is 43.2. The Hall–Kier alpha value is -0.530. The molecule has 0 saturated heterocycles. The van der Waals surface area contributed by atoms with Crippen LogP contribution in [0.1, 0.15) is 241 Å². The summed E-state index contributed by atoms with van der Waals surface area (Å²) in [5.74, 6) is 7.20. The predicted octanol–water partition coefficient (Wildman–Crippen LogP) is 15.7. The number of hydrogen-bond acceptors (Lipinski definition) is 2. The van der Waals surface area contributed by atoms with E-state index in [9.17, 15) is 4.79 Å². The van der Waals surface area contributed by atoms with Gasteiger partial charge in [0.25, 0.3) is 0 Å². The third-order valence-electron chi connectivity index (χ3n) is 16.6. The lowest BCUT2D eigenvalue weighted by molar-refractivity contribution is -0.162. The standard InChI is InChI=1S/C49H90O2/c1-8-10-11-12-13-14-15-16-17-18-19-20-21-22-23-24-25-26-47(50)51-42-33-35-48(6)41(37-42)29-30-43-45-32-31-44(49(45,7)36-34-46(43)48)39(5)27-28-40(9-2)38(3)4/h38-46H,8-37H2,1-7H3/t39-,40-,41+,42+,43+,44-,45+,46+,48+,49-/m1/s1. The minimum Gasteiger partial charge on any atom is -0.462 e. The molecule has 0 bridgehead atoms. The molecule has 10 atom stereocenters. The summed E-state index contributed by atoms with van der Waals surface area (Å²) in [7, 11) is 0. The van der Waals surface area contributed by atoms with Crippen LogP contribution < -0.4 is 0 Å². The SMILES string of the molecule is CCCCCCCCCCCCCCCCCCCC(=O)O[C@H]1CC[C@@]2(C)[C@@H](CC[C@@H]3[C@@H]2CC[C@]2(C)[C@@H]([C@H](C)CC[C@@H](CC)C(C)C)CC[C@@H]32)C1. The molecule has 0 aromatic heterocycles. The lowest BCUT2D eigenvalue weighted by Gasteiger charge is -2.61. The van der Waals surface area contributed by atoms with Crippen molar-refractivity contribution in [2.75, 3.05) is 0 Å². The molecule has 0 aliphatic heterocycles. The smallest absolute Gasteiger partial charge is 0.306 e. The molecule has 4 aliphatic carbocycles. The lowest BCUT2D eigenvalue weighted by atomic mass is 9.44. The van der Waals surface area contributed by atoms with Gasteiger partial charge in [0.2, 0.25) is 0 Å². The molecule has 0 amide bonds. The Bertz CT molecular complexity index is 956. The Morgan fingerprint density at radius 2 is 1.18 bits per heavy atom. The summed E-state index contributed by atoms with van der Waals surface area (Å²) >= 11 is 0. The summed E-state index contributed by atoms with van der Waals surface area (Å²) in [5.41, 5.74) is 1.04. The van der Waals surface area contributed by atoms with Gasteiger partial charge in [-0.1, -0.05) is 164 Å². The molecule has 298 valence electrons. The number of carbonyl (C=O) groups excluding carboxylic acids is 1. The first-order valence-electron chi connectivity index (χ1n) is 23.8. The van der Waals surface area contributed by atoms with Crippen molar-refractivity contribution in [1.82, 2.24) is 0 Å². The average molecular weight is 711 g/mol. The molecule has 4 aliphatic rings. The van der Waals surface area contributed by atoms with Crippen molar-refractivity contribution in [3.63, 3.8) is 0 Å². The average Bonchev–Trinajstić information content (AvgIpc) is 3.47. The van der Waals surface area contributed by atoms with Crippen LogP contribution in [-0.2, 0) is 9.53 Å². The number of carbonyl (C=O) groups is 1. The molecule has 0 N–H and O–H groups in total. The monoisotopic (exact) mass is 711 g/mol. The molecule has 0 unspecified atom stereocenters. The number of hydrogen-bond donors (Lipinski definition) is 0. The second-order valence-electron chi connectivity index (χ2n) is 20.1. The zero-order valence-corrected chi connectivity index (χ0v) is 35.7. The fourth-order valence-electron chi connectivity index (χ4n) is 13.2. The molecule has 4 fully saturated rings. The second kappa shape index (κ2) is 22.1. The molecule has 2 nitrogen and oxygen atoms in total. The molecular weight excluding hydrogens is 621 g/mol. The van der Waals surface area contributed by atoms with Gasteiger partial charge in [-0.2, -0.15) is 0 Å². The molecule has 0 aromatic rings. The summed E-state index contributed by atoms with van der Waals surface area (Å²) in [4.78, 5) is 12.9. The van der Waals surface area contributed by atoms with Crippen molar-refractivity contribution in [3.8, 4) is 0 Å². The van der Waals surface area contributed by atoms with Gasteiger partial charge in [0.15, 0.2) is 0 Å². The summed E-state index contributed by atoms with van der Waals surface area (Å²) < 4.78 is 6.20. The minimum absolute atomic E-state index is 0.0939. The zero-order valence-electron chi connectivity index (χ0n) is 35.7. The van der Waals surface area contributed by atoms with Crippen LogP contribution in [0.5, 0.6) is 0 Å². The van der Waals surface area contributed by atoms with Gasteiger partial charge in [-0.25, -0.2) is 0 Å². The highest BCUT2D eigenvalue weighted by molar-refractivity contribution is 5.69. The van der Waals surface area contributed by atoms with E-state index >= 15 is 0 Å². The van der Waals surface area contributed by atoms with Crippen molar-refractivity contribution in [3.05, 3.63) is 0 Å². The topological polar surface area (TPSA) is 26.3 Å². The second-order valence-corrected chi connectivity index (χ2v) is 20.1. The van der Waals surface area contributed by atoms with Crippen LogP contribution >= 0.6 is 0 Å². The van der Waals surface area contributed by atoms with Gasteiger partial charge in [-0.15, -0.1) is 0 Å². The molecular formula is C49H90O2. The Labute approximate surface area is 320 Å². The van der Waals surface area contributed by atoms with E-state index in [1.54, 1.807) is 0 Å². The quantitative estimate of drug-likeness (QED) is 0.0696. The highest BCUT2D eigenvalue weighted by Crippen LogP contribution is 2.68. The van der Waals surface area contributed by atoms with Gasteiger partial charge in [0.05, 0.1) is 0 Å². The first-order chi connectivity index (χ1) is 24.6. The maximum absolute atomic E-state index is 12.9. The van der Waals surface area contributed by atoms with E-state index in [-0.39, 0.29) is 12.1 Å². The fraction of sp³-hybridized carbons (Fsp3) is 0.980. The molecule has 0 radical (unpaired) electrons. The Kier molecular flexibility index (Phi) is 18.7. The third kappa shape index (κ3) is 12.2. The summed E-state index contributed by atoms with van der Waals surface area (Å²) in [5, 5.41) is 0. The van der Waals surface area contributed by atoms with Crippen LogP contribution in [-0.4, -0.2) is 12.1 Å². The molecule has 51 heavy (non-hydrogen) atoms. The van der Waals surface area contributed by atoms with Gasteiger partial charge < -0.3 is 4.74 Å². The van der Waals surface area contributed by atoms with Gasteiger partial charge in [0, 0.05) is 6.42 Å². The van der Waals surface area contributed by atoms with E-state index in [1.165, 1.54) is 167 Å². The minimum atomic E-state index is 0.0939. The zero-order chi connectivity index (χ0) is 36.7. The van der Waals surface area contributed by atoms with Gasteiger partial charge in [-0.3, -0.25) is 4.79 Å². The fourth-order valence-corrected chi connectivity index (χ4v) is 13.2. The molecule has 4 saturated carbocycles. The number of unbranched alkanes of at least 4 members (excludes halogenated alkanes) is 16. The van der Waals surface area contributed by atoms with Crippen LogP contribution in [0.15, 0.2) is 0 Å². The Morgan fingerprint density at radius 1 is 0.627 bits per heavy atom. The van der Waals surface area contributed by atoms with Crippen LogP contribution in [0.3, 0.4) is 0 Å². The third-order valence-corrected chi connectivity index (χ3v) is 16.6. The predicted molar refractivity (Wildman–Crippen MR) is 221 cm³/mol. The van der Waals surface area contributed by atoms with E-state index in [1.807, 2.05) is 0 Å². The molecule has 2 heteroatoms. The maximum Gasteiger partial charge on any atom is 0.306 e. The van der Waals surface area contributed by atoms with E-state index in [2.05, 4.69) is 48.5 Å². The number of ether oxygens (including phenoxy) is 1. The largest absolute Gasteiger partial charge is 0.462 e. The van der Waals surface area contributed by atoms with E-state index in [0.717, 1.165) is 66.6 Å². The van der Waals surface area contributed by atoms with Crippen LogP contribution in [0.2, 0.25) is 0 Å². The van der Waals surface area contributed by atoms with Crippen molar-refractivity contribution >= 4 is 5.97 Å². The molecule has 4 rings (SSSR count). The van der Waals surface area contributed by atoms with Gasteiger partial charge in [0.1, 0.15) is 6.10 Å². The van der Waals surface area contributed by atoms with Crippen LogP contribution in [0, 0.1) is 58.2 Å². The maximum atomic E-state index is 12.9. The number of rotatable bonds is 25. The van der Waals surface area contributed by atoms with Crippen molar-refractivity contribution in [2.24, 2.45) is 58.2 Å². The first-order valence-corrected chi connectivity index (χ1v) is 23.8. The highest BCUT2D eigenvalue weighted by atomic mass is 16.5. The number of fused-ring (bicyclic) bond motifs is 5. The van der Waals surface area contributed by atoms with Crippen molar-refractivity contribution in [1.29, 1.82) is 0 Å². The normalized spacial score (nSPS) is 33.0. The summed E-state index contributed by atoms with van der Waals surface area (Å²) in [6, 6.07) is 0. The van der Waals surface area contributed by atoms with Gasteiger partial charge in [-0.05, 0) is 129 Å². The van der Waals surface area contributed by atoms with Crippen LogP contribution in [0.25, 0.3) is 0 Å². The molecule has 0 heterocycles. The number of esters is 1. The van der Waals surface area contributed by atoms with E-state index in [4.69, 9.17) is 4.74 Å². The Balaban J connectivity index is 1.07. The Morgan fingerprint density at radius 3 is 1.75 bits per heavy atom. The van der Waals surface area contributed by atoms with Crippen molar-refractivity contribution < 1.29 is 9.53 Å². The highest BCUT2D eigenvalue weighted by Gasteiger charge is 2.60. The van der Waals surface area contributed by atoms with E-state index in [0.29, 0.717) is 17.3 Å². The summed E-state index contributed by atoms with van der Waals surface area (Å²) in [6.07, 6.45) is 40.7. The van der Waals surface area contributed by atoms with Gasteiger partial charge >= 0.3 is 5.97 Å². The lowest BCUT2D eigenvalue weighted by Crippen LogP contribution is -2.54. The van der Waals surface area contributed by atoms with E-state index < -0.39 is 0 Å².